The van der Waals surface area contributed by atoms with Gasteiger partial charge in [-0.1, -0.05) is 43.9 Å². The highest BCUT2D eigenvalue weighted by molar-refractivity contribution is 5.76. The Balaban J connectivity index is 0.00000133. The van der Waals surface area contributed by atoms with E-state index in [9.17, 15) is 9.90 Å². The molecule has 3 fully saturated rings. The third-order valence-electron chi connectivity index (χ3n) is 7.63. The zero-order valence-electron chi connectivity index (χ0n) is 20.4. The lowest BCUT2D eigenvalue weighted by molar-refractivity contribution is -0.289. The molecule has 3 radical (unpaired) electrons. The Bertz CT molecular complexity index is 885. The Morgan fingerprint density at radius 2 is 1.54 bits per heavy atom. The summed E-state index contributed by atoms with van der Waals surface area (Å²) >= 11 is 0. The average molecular weight is 520 g/mol. The van der Waals surface area contributed by atoms with E-state index in [1.165, 1.54) is 6.92 Å². The zero-order chi connectivity index (χ0) is 23.9. The summed E-state index contributed by atoms with van der Waals surface area (Å²) in [6.07, 6.45) is 10.0. The van der Waals surface area contributed by atoms with Gasteiger partial charge < -0.3 is 38.3 Å². The number of fused-ring (bicyclic) bond motifs is 5. The Hall–Kier alpha value is -1.37. The van der Waals surface area contributed by atoms with Gasteiger partial charge in [-0.25, -0.2) is 0 Å². The van der Waals surface area contributed by atoms with E-state index in [1.54, 1.807) is 0 Å². The van der Waals surface area contributed by atoms with Crippen molar-refractivity contribution < 1.29 is 44.5 Å². The highest BCUT2D eigenvalue weighted by atomic mass is 16.7. The monoisotopic (exact) mass is 520 g/mol. The first-order valence-corrected chi connectivity index (χ1v) is 12.7. The zero-order valence-corrected chi connectivity index (χ0v) is 20.4. The normalized spacial score (nSPS) is 47.3. The topological polar surface area (TPSA) is 102 Å². The van der Waals surface area contributed by atoms with Crippen molar-refractivity contribution in [3.63, 3.8) is 0 Å². The molecule has 0 spiro atoms. The molecule has 10 heteroatoms. The molecule has 0 amide bonds. The second-order valence-corrected chi connectivity index (χ2v) is 10.2. The minimum atomic E-state index is -0.760. The highest BCUT2D eigenvalue weighted by Crippen LogP contribution is 2.38. The van der Waals surface area contributed by atoms with E-state index in [1.807, 2.05) is 30.4 Å². The molecule has 0 aromatic heterocycles. The third-order valence-corrected chi connectivity index (χ3v) is 7.63. The van der Waals surface area contributed by atoms with Crippen LogP contribution in [0.2, 0.25) is 0 Å². The molecule has 205 valence electrons. The van der Waals surface area contributed by atoms with E-state index in [0.717, 1.165) is 0 Å². The van der Waals surface area contributed by atoms with Gasteiger partial charge in [0.05, 0.1) is 44.1 Å². The maximum absolute atomic E-state index is 11.5. The van der Waals surface area contributed by atoms with Crippen LogP contribution in [0.3, 0.4) is 0 Å². The summed E-state index contributed by atoms with van der Waals surface area (Å²) in [7, 11) is 0. The molecule has 9 nitrogen and oxygen atoms in total. The van der Waals surface area contributed by atoms with Crippen molar-refractivity contribution in [1.29, 1.82) is 0 Å². The Labute approximate surface area is 222 Å². The van der Waals surface area contributed by atoms with Crippen molar-refractivity contribution in [2.24, 2.45) is 0 Å². The van der Waals surface area contributed by atoms with Crippen molar-refractivity contribution in [2.75, 3.05) is 13.2 Å². The molecule has 3 saturated heterocycles. The summed E-state index contributed by atoms with van der Waals surface area (Å²) in [5.41, 5.74) is 0. The SMILES string of the molecule is C.CC(=O)CC1OC[C@H]2O[C@H]3C=C[C@H]4O[C@H]5[C@H](O)[C@H]6OCC=CC[C@@H]6O[C@@H]5C[C@@H]4O[C@@H]3C/C=C\[C@@H]2O1.[2HH].[B]. The average Bonchev–Trinajstić information content (AvgIpc) is 3.15. The number of carbonyl (C=O) groups excluding carboxylic acids is 1. The van der Waals surface area contributed by atoms with Crippen molar-refractivity contribution >= 4 is 14.2 Å². The summed E-state index contributed by atoms with van der Waals surface area (Å²) in [6, 6.07) is 0. The lowest BCUT2D eigenvalue weighted by Gasteiger charge is -2.49. The van der Waals surface area contributed by atoms with E-state index < -0.39 is 24.6 Å². The van der Waals surface area contributed by atoms with E-state index in [0.29, 0.717) is 32.5 Å². The van der Waals surface area contributed by atoms with Gasteiger partial charge in [0.1, 0.15) is 48.5 Å². The molecule has 0 bridgehead atoms. The first kappa shape index (κ1) is 28.6. The first-order chi connectivity index (χ1) is 17.0. The smallest absolute Gasteiger partial charge is 0.165 e. The maximum Gasteiger partial charge on any atom is 0.165 e. The highest BCUT2D eigenvalue weighted by Gasteiger charge is 2.52. The minimum Gasteiger partial charge on any atom is -0.387 e. The number of hydrogen-bond donors (Lipinski definition) is 1. The van der Waals surface area contributed by atoms with Crippen LogP contribution in [0, 0.1) is 0 Å². The lowest BCUT2D eigenvalue weighted by Crippen LogP contribution is -2.63. The van der Waals surface area contributed by atoms with Gasteiger partial charge in [0.15, 0.2) is 6.29 Å². The van der Waals surface area contributed by atoms with Crippen LogP contribution in [-0.4, -0.2) is 106 Å². The molecule has 0 aromatic rings. The molecular weight excluding hydrogens is 479 g/mol. The number of ether oxygens (including phenoxy) is 7. The molecule has 12 atom stereocenters. The van der Waals surface area contributed by atoms with Crippen molar-refractivity contribution in [3.8, 4) is 0 Å². The quantitative estimate of drug-likeness (QED) is 0.432. The second-order valence-electron chi connectivity index (χ2n) is 10.2. The molecule has 6 heterocycles. The van der Waals surface area contributed by atoms with Gasteiger partial charge in [0, 0.05) is 16.3 Å². The van der Waals surface area contributed by atoms with E-state index in [4.69, 9.17) is 33.2 Å². The summed E-state index contributed by atoms with van der Waals surface area (Å²) in [4.78, 5) is 11.5. The molecule has 37 heavy (non-hydrogen) atoms. The number of hydrogen-bond acceptors (Lipinski definition) is 9. The lowest BCUT2D eigenvalue weighted by atomic mass is 9.87. The molecule has 6 aliphatic heterocycles. The number of aliphatic hydroxyl groups is 1. The predicted molar refractivity (Wildman–Crippen MR) is 136 cm³/mol. The number of aliphatic hydroxyl groups excluding tert-OH is 1. The number of ketones is 1. The summed E-state index contributed by atoms with van der Waals surface area (Å²) in [5, 5.41) is 11.1. The predicted octanol–water partition coefficient (Wildman–Crippen LogP) is 1.88. The Kier molecular flexibility index (Phi) is 9.46. The third kappa shape index (κ3) is 5.97. The van der Waals surface area contributed by atoms with Gasteiger partial charge in [-0.05, 0) is 19.8 Å². The van der Waals surface area contributed by atoms with E-state index >= 15 is 0 Å². The summed E-state index contributed by atoms with van der Waals surface area (Å²) in [5.74, 6) is 0.0273. The van der Waals surface area contributed by atoms with Crippen molar-refractivity contribution in [1.82, 2.24) is 0 Å². The summed E-state index contributed by atoms with van der Waals surface area (Å²) in [6.45, 7) is 2.34. The molecular formula is C27H40BO9. The first-order valence-electron chi connectivity index (χ1n) is 12.7. The summed E-state index contributed by atoms with van der Waals surface area (Å²) < 4.78 is 43.2. The fraction of sp³-hybridized carbons (Fsp3) is 0.741. The largest absolute Gasteiger partial charge is 0.387 e. The van der Waals surface area contributed by atoms with Crippen LogP contribution >= 0.6 is 0 Å². The molecule has 0 aliphatic carbocycles. The van der Waals surface area contributed by atoms with E-state index in [2.05, 4.69) is 6.08 Å². The van der Waals surface area contributed by atoms with Gasteiger partial charge in [-0.2, -0.15) is 0 Å². The number of carbonyl (C=O) groups is 1. The van der Waals surface area contributed by atoms with Crippen LogP contribution in [0.5, 0.6) is 0 Å². The van der Waals surface area contributed by atoms with Crippen LogP contribution in [-0.2, 0) is 38.0 Å². The van der Waals surface area contributed by atoms with Crippen molar-refractivity contribution in [3.05, 3.63) is 36.5 Å². The van der Waals surface area contributed by atoms with Gasteiger partial charge in [0.2, 0.25) is 0 Å². The fourth-order valence-corrected chi connectivity index (χ4v) is 5.90. The minimum absolute atomic E-state index is 0. The van der Waals surface area contributed by atoms with Gasteiger partial charge in [-0.3, -0.25) is 4.79 Å². The molecule has 0 aromatic carbocycles. The van der Waals surface area contributed by atoms with Gasteiger partial charge in [0.25, 0.3) is 0 Å². The number of rotatable bonds is 2. The second kappa shape index (κ2) is 12.2. The molecule has 1 N–H and O–H groups in total. The molecule has 6 aliphatic rings. The maximum atomic E-state index is 11.5. The fourth-order valence-electron chi connectivity index (χ4n) is 5.90. The molecule has 1 unspecified atom stereocenters. The van der Waals surface area contributed by atoms with Gasteiger partial charge in [-0.15, -0.1) is 0 Å². The standard InChI is InChI=1S/C26H34O9.CH4.B.H2/c1-14(27)11-23-30-13-22-16(34-23)7-4-6-15-17(32-22)8-9-18-20(31-15)12-21-26(35-18)24(28)25-19(33-21)5-2-3-10-29-25;;;/h2-4,7-9,15-26,28H,5-6,10-13H2,1H3;1H4;;1H/b7-4-;;;/t15-,16+,17+,18-,19+,20+,21-,22-,23?,24-,25+,26-;;;/m1.../s1/i;;;1+1. The molecule has 0 saturated carbocycles. The van der Waals surface area contributed by atoms with Crippen LogP contribution < -0.4 is 0 Å². The van der Waals surface area contributed by atoms with Crippen molar-refractivity contribution in [2.45, 2.75) is 113 Å². The molecule has 6 rings (SSSR count). The van der Waals surface area contributed by atoms with E-state index in [-0.39, 0.29) is 78.3 Å². The Morgan fingerprint density at radius 3 is 2.35 bits per heavy atom. The number of Topliss-reactive ketones (excluding diaryl/α,β-unsaturated/α-hetero) is 1. The van der Waals surface area contributed by atoms with Gasteiger partial charge >= 0.3 is 0 Å². The van der Waals surface area contributed by atoms with Crippen LogP contribution in [0.4, 0.5) is 0 Å². The van der Waals surface area contributed by atoms with Crippen LogP contribution in [0.15, 0.2) is 36.5 Å². The Morgan fingerprint density at radius 1 is 0.811 bits per heavy atom. The van der Waals surface area contributed by atoms with Crippen LogP contribution in [0.1, 0.15) is 41.5 Å². The van der Waals surface area contributed by atoms with Crippen LogP contribution in [0.25, 0.3) is 0 Å².